The molecule has 3 saturated carbocycles. The summed E-state index contributed by atoms with van der Waals surface area (Å²) < 4.78 is 0. The second-order valence-electron chi connectivity index (χ2n) is 8.09. The van der Waals surface area contributed by atoms with E-state index in [9.17, 15) is 10.2 Å². The maximum Gasteiger partial charge on any atom is 0.0859 e. The fraction of sp³-hybridized carbons (Fsp3) is 0.889. The van der Waals surface area contributed by atoms with E-state index in [4.69, 9.17) is 0 Å². The van der Waals surface area contributed by atoms with E-state index in [2.05, 4.69) is 6.92 Å². The van der Waals surface area contributed by atoms with Crippen LogP contribution in [0.3, 0.4) is 0 Å². The second-order valence-corrected chi connectivity index (χ2v) is 8.09. The molecule has 2 heteroatoms. The number of fused-ring (bicyclic) bond motifs is 4. The quantitative estimate of drug-likeness (QED) is 0.664. The summed E-state index contributed by atoms with van der Waals surface area (Å²) in [7, 11) is 0. The third kappa shape index (κ3) is 1.64. The van der Waals surface area contributed by atoms with Crippen LogP contribution in [0, 0.1) is 17.3 Å². The zero-order valence-electron chi connectivity index (χ0n) is 12.7. The highest BCUT2D eigenvalue weighted by Crippen LogP contribution is 2.61. The summed E-state index contributed by atoms with van der Waals surface area (Å²) in [5, 5.41) is 21.4. The molecule has 2 N–H and O–H groups in total. The van der Waals surface area contributed by atoms with Crippen molar-refractivity contribution in [1.82, 2.24) is 0 Å². The van der Waals surface area contributed by atoms with Crippen molar-refractivity contribution in [2.45, 2.75) is 82.8 Å². The van der Waals surface area contributed by atoms with Crippen LogP contribution in [0.15, 0.2) is 11.1 Å². The van der Waals surface area contributed by atoms with E-state index in [1.54, 1.807) is 5.57 Å². The van der Waals surface area contributed by atoms with Gasteiger partial charge in [-0.05, 0) is 87.0 Å². The van der Waals surface area contributed by atoms with Gasteiger partial charge in [0.1, 0.15) is 0 Å². The summed E-state index contributed by atoms with van der Waals surface area (Å²) in [6, 6.07) is 0. The van der Waals surface area contributed by atoms with Crippen molar-refractivity contribution >= 4 is 0 Å². The van der Waals surface area contributed by atoms with Crippen LogP contribution in [-0.2, 0) is 0 Å². The topological polar surface area (TPSA) is 40.5 Å². The van der Waals surface area contributed by atoms with Crippen LogP contribution in [0.4, 0.5) is 0 Å². The second kappa shape index (κ2) is 4.33. The minimum atomic E-state index is -0.449. The van der Waals surface area contributed by atoms with Crippen molar-refractivity contribution in [3.05, 3.63) is 11.1 Å². The number of aliphatic hydroxyl groups excluding tert-OH is 1. The summed E-state index contributed by atoms with van der Waals surface area (Å²) in [5.74, 6) is 1.33. The molecule has 112 valence electrons. The Morgan fingerprint density at radius 1 is 1.00 bits per heavy atom. The van der Waals surface area contributed by atoms with Gasteiger partial charge < -0.3 is 10.2 Å². The number of hydrogen-bond acceptors (Lipinski definition) is 2. The molecule has 2 nitrogen and oxygen atoms in total. The Balaban J connectivity index is 1.73. The average Bonchev–Trinajstić information content (AvgIpc) is 2.74. The highest BCUT2D eigenvalue weighted by atomic mass is 16.3. The highest BCUT2D eigenvalue weighted by Gasteiger charge is 2.55. The molecule has 0 aliphatic heterocycles. The molecule has 4 aliphatic carbocycles. The van der Waals surface area contributed by atoms with Crippen LogP contribution < -0.4 is 0 Å². The normalized spacial score (nSPS) is 51.5. The van der Waals surface area contributed by atoms with E-state index in [0.29, 0.717) is 11.8 Å². The van der Waals surface area contributed by atoms with Crippen molar-refractivity contribution in [3.63, 3.8) is 0 Å². The lowest BCUT2D eigenvalue weighted by Gasteiger charge is -2.51. The van der Waals surface area contributed by atoms with E-state index < -0.39 is 5.60 Å². The Bertz CT molecular complexity index is 454. The van der Waals surface area contributed by atoms with E-state index in [1.807, 2.05) is 0 Å². The standard InChI is InChI=1S/C18H28O2/c1-17-10-7-13-12(14(17)5-6-16(17)19)8-11-18(20)9-3-2-4-15(13)18/h12,14,16,19-20H,2-11H2,1H3/t12-,14+,16?,17+,18?/m1/s1. The van der Waals surface area contributed by atoms with Crippen LogP contribution in [0.2, 0.25) is 0 Å². The first-order chi connectivity index (χ1) is 9.55. The smallest absolute Gasteiger partial charge is 0.0859 e. The fourth-order valence-electron chi connectivity index (χ4n) is 6.07. The molecule has 0 radical (unpaired) electrons. The molecular formula is C18H28O2. The van der Waals surface area contributed by atoms with E-state index in [1.165, 1.54) is 24.8 Å². The SMILES string of the molecule is C[C@]12CCC3=C4CCCCC4(O)CC[C@H]3[C@@H]1CCC2O. The molecule has 0 aromatic carbocycles. The Morgan fingerprint density at radius 2 is 1.85 bits per heavy atom. The van der Waals surface area contributed by atoms with Crippen LogP contribution in [0.5, 0.6) is 0 Å². The Kier molecular flexibility index (Phi) is 2.89. The van der Waals surface area contributed by atoms with Crippen LogP contribution >= 0.6 is 0 Å². The maximum absolute atomic E-state index is 11.0. The monoisotopic (exact) mass is 276 g/mol. The first-order valence-electron chi connectivity index (χ1n) is 8.67. The van der Waals surface area contributed by atoms with E-state index in [-0.39, 0.29) is 11.5 Å². The lowest BCUT2D eigenvalue weighted by Crippen LogP contribution is -2.46. The Labute approximate surface area is 122 Å². The summed E-state index contributed by atoms with van der Waals surface area (Å²) in [5.41, 5.74) is 2.76. The molecule has 3 fully saturated rings. The molecule has 0 saturated heterocycles. The van der Waals surface area contributed by atoms with Gasteiger partial charge in [-0.1, -0.05) is 12.5 Å². The van der Waals surface area contributed by atoms with Gasteiger partial charge in [-0.15, -0.1) is 0 Å². The third-order valence-electron chi connectivity index (χ3n) is 7.31. The summed E-state index contributed by atoms with van der Waals surface area (Å²) in [6.45, 7) is 2.32. The molecule has 0 amide bonds. The highest BCUT2D eigenvalue weighted by molar-refractivity contribution is 5.34. The molecule has 4 rings (SSSR count). The molecule has 5 atom stereocenters. The van der Waals surface area contributed by atoms with Crippen molar-refractivity contribution in [2.24, 2.45) is 17.3 Å². The van der Waals surface area contributed by atoms with Gasteiger partial charge in [0.2, 0.25) is 0 Å². The fourth-order valence-corrected chi connectivity index (χ4v) is 6.07. The van der Waals surface area contributed by atoms with Gasteiger partial charge in [-0.25, -0.2) is 0 Å². The molecule has 0 heterocycles. The largest absolute Gasteiger partial charge is 0.393 e. The molecule has 20 heavy (non-hydrogen) atoms. The predicted octanol–water partition coefficient (Wildman–Crippen LogP) is 3.57. The van der Waals surface area contributed by atoms with Crippen LogP contribution in [0.25, 0.3) is 0 Å². The van der Waals surface area contributed by atoms with Gasteiger partial charge in [0, 0.05) is 0 Å². The van der Waals surface area contributed by atoms with Crippen molar-refractivity contribution < 1.29 is 10.2 Å². The number of allylic oxidation sites excluding steroid dienone is 1. The predicted molar refractivity (Wildman–Crippen MR) is 79.2 cm³/mol. The van der Waals surface area contributed by atoms with E-state index in [0.717, 1.165) is 44.9 Å². The first kappa shape index (κ1) is 13.3. The van der Waals surface area contributed by atoms with Gasteiger partial charge in [0.15, 0.2) is 0 Å². The van der Waals surface area contributed by atoms with E-state index >= 15 is 0 Å². The van der Waals surface area contributed by atoms with Crippen molar-refractivity contribution in [3.8, 4) is 0 Å². The molecule has 2 unspecified atom stereocenters. The zero-order chi connectivity index (χ0) is 14.0. The van der Waals surface area contributed by atoms with Gasteiger partial charge in [-0.2, -0.15) is 0 Å². The van der Waals surface area contributed by atoms with Gasteiger partial charge in [-0.3, -0.25) is 0 Å². The lowest BCUT2D eigenvalue weighted by atomic mass is 9.55. The van der Waals surface area contributed by atoms with Gasteiger partial charge in [0.25, 0.3) is 0 Å². The summed E-state index contributed by atoms with van der Waals surface area (Å²) in [4.78, 5) is 0. The molecule has 0 aromatic rings. The maximum atomic E-state index is 11.0. The molecule has 4 aliphatic rings. The Morgan fingerprint density at radius 3 is 2.70 bits per heavy atom. The minimum absolute atomic E-state index is 0.0915. The molecular weight excluding hydrogens is 248 g/mol. The zero-order valence-corrected chi connectivity index (χ0v) is 12.7. The molecule has 0 aromatic heterocycles. The lowest BCUT2D eigenvalue weighted by molar-refractivity contribution is -0.0209. The first-order valence-corrected chi connectivity index (χ1v) is 8.67. The Hall–Kier alpha value is -0.340. The van der Waals surface area contributed by atoms with Crippen molar-refractivity contribution in [2.75, 3.05) is 0 Å². The average molecular weight is 276 g/mol. The third-order valence-corrected chi connectivity index (χ3v) is 7.31. The van der Waals surface area contributed by atoms with Crippen LogP contribution in [0.1, 0.15) is 71.1 Å². The van der Waals surface area contributed by atoms with Crippen LogP contribution in [-0.4, -0.2) is 21.9 Å². The molecule has 0 bridgehead atoms. The van der Waals surface area contributed by atoms with Gasteiger partial charge >= 0.3 is 0 Å². The summed E-state index contributed by atoms with van der Waals surface area (Å²) in [6.07, 6.45) is 11.1. The number of rotatable bonds is 0. The number of hydrogen-bond donors (Lipinski definition) is 2. The molecule has 0 spiro atoms. The number of aliphatic hydroxyl groups is 2. The van der Waals surface area contributed by atoms with Gasteiger partial charge in [0.05, 0.1) is 11.7 Å². The minimum Gasteiger partial charge on any atom is -0.393 e. The summed E-state index contributed by atoms with van der Waals surface area (Å²) >= 11 is 0. The van der Waals surface area contributed by atoms with Crippen molar-refractivity contribution in [1.29, 1.82) is 0 Å².